The first-order valence-corrected chi connectivity index (χ1v) is 5.25. The van der Waals surface area contributed by atoms with Crippen molar-refractivity contribution in [1.82, 2.24) is 0 Å². The highest BCUT2D eigenvalue weighted by Crippen LogP contribution is 2.19. The van der Waals surface area contributed by atoms with E-state index in [9.17, 15) is 4.79 Å². The Kier molecular flexibility index (Phi) is 5.05. The van der Waals surface area contributed by atoms with Crippen LogP contribution in [0, 0.1) is 11.8 Å². The first-order chi connectivity index (χ1) is 8.17. The molecule has 0 bridgehead atoms. The summed E-state index contributed by atoms with van der Waals surface area (Å²) in [6.45, 7) is 0.504. The van der Waals surface area contributed by atoms with Crippen molar-refractivity contribution in [2.24, 2.45) is 5.73 Å². The van der Waals surface area contributed by atoms with E-state index < -0.39 is 5.97 Å². The average Bonchev–Trinajstić information content (AvgIpc) is 2.29. The van der Waals surface area contributed by atoms with Crippen LogP contribution in [0.4, 0.5) is 0 Å². The van der Waals surface area contributed by atoms with Crippen LogP contribution >= 0.6 is 0 Å². The number of carbonyl (C=O) groups is 1. The van der Waals surface area contributed by atoms with Gasteiger partial charge >= 0.3 is 5.97 Å². The molecule has 0 aromatic heterocycles. The van der Waals surface area contributed by atoms with Crippen molar-refractivity contribution >= 4 is 5.97 Å². The normalized spacial score (nSPS) is 9.29. The summed E-state index contributed by atoms with van der Waals surface area (Å²) >= 11 is 0. The van der Waals surface area contributed by atoms with Crippen molar-refractivity contribution in [2.75, 3.05) is 13.7 Å². The van der Waals surface area contributed by atoms with E-state index >= 15 is 0 Å². The van der Waals surface area contributed by atoms with Crippen LogP contribution in [0.25, 0.3) is 0 Å². The highest BCUT2D eigenvalue weighted by Gasteiger charge is 2.05. The minimum atomic E-state index is -0.865. The molecule has 0 amide bonds. The predicted octanol–water partition coefficient (Wildman–Crippen LogP) is 1.02. The van der Waals surface area contributed by atoms with E-state index in [0.29, 0.717) is 29.8 Å². The number of carboxylic acid groups (broad SMARTS) is 1. The molecule has 0 unspecified atom stereocenters. The number of hydrogen-bond acceptors (Lipinski definition) is 3. The Labute approximate surface area is 100 Å². The first kappa shape index (κ1) is 13.1. The van der Waals surface area contributed by atoms with Crippen molar-refractivity contribution in [3.63, 3.8) is 0 Å². The largest absolute Gasteiger partial charge is 0.495 e. The van der Waals surface area contributed by atoms with E-state index in [1.54, 1.807) is 25.3 Å². The highest BCUT2D eigenvalue weighted by atomic mass is 16.5. The maximum atomic E-state index is 10.6. The van der Waals surface area contributed by atoms with Crippen molar-refractivity contribution in [3.8, 4) is 17.6 Å². The number of nitrogens with two attached hydrogens (primary N) is 1. The standard InChI is InChI=1S/C13H15NO3/c1-17-12-6-5-10(9-13(15)16)8-11(12)4-2-3-7-14/h5-6,8H,3,7,9,14H2,1H3,(H,15,16). The Morgan fingerprint density at radius 2 is 2.29 bits per heavy atom. The summed E-state index contributed by atoms with van der Waals surface area (Å²) in [4.78, 5) is 10.6. The van der Waals surface area contributed by atoms with Crippen molar-refractivity contribution in [1.29, 1.82) is 0 Å². The fraction of sp³-hybridized carbons (Fsp3) is 0.308. The lowest BCUT2D eigenvalue weighted by molar-refractivity contribution is -0.136. The number of methoxy groups -OCH3 is 1. The SMILES string of the molecule is COc1ccc(CC(=O)O)cc1C#CCCN. The van der Waals surface area contributed by atoms with Crippen LogP contribution in [-0.4, -0.2) is 24.7 Å². The molecule has 90 valence electrons. The van der Waals surface area contributed by atoms with Gasteiger partial charge in [-0.15, -0.1) is 0 Å². The molecule has 1 aromatic rings. The predicted molar refractivity (Wildman–Crippen MR) is 64.9 cm³/mol. The van der Waals surface area contributed by atoms with Crippen LogP contribution in [0.1, 0.15) is 17.5 Å². The fourth-order valence-corrected chi connectivity index (χ4v) is 1.37. The number of aliphatic carboxylic acids is 1. The molecule has 1 rings (SSSR count). The molecule has 0 atom stereocenters. The van der Waals surface area contributed by atoms with Gasteiger partial charge in [-0.25, -0.2) is 0 Å². The third-order valence-corrected chi connectivity index (χ3v) is 2.11. The van der Waals surface area contributed by atoms with Crippen LogP contribution in [0.5, 0.6) is 5.75 Å². The molecule has 0 spiro atoms. The number of rotatable bonds is 4. The minimum Gasteiger partial charge on any atom is -0.495 e. The second kappa shape index (κ2) is 6.56. The Bertz CT molecular complexity index is 457. The van der Waals surface area contributed by atoms with E-state index in [1.165, 1.54) is 0 Å². The molecule has 0 aliphatic carbocycles. The van der Waals surface area contributed by atoms with Gasteiger partial charge in [0.2, 0.25) is 0 Å². The Morgan fingerprint density at radius 3 is 2.88 bits per heavy atom. The second-order valence-corrected chi connectivity index (χ2v) is 3.45. The topological polar surface area (TPSA) is 72.5 Å². The molecule has 0 radical (unpaired) electrons. The molecule has 1 aromatic carbocycles. The van der Waals surface area contributed by atoms with Gasteiger partial charge in [0.15, 0.2) is 0 Å². The molecule has 0 saturated heterocycles. The lowest BCUT2D eigenvalue weighted by Gasteiger charge is -2.05. The van der Waals surface area contributed by atoms with Gasteiger partial charge in [-0.1, -0.05) is 17.9 Å². The third-order valence-electron chi connectivity index (χ3n) is 2.11. The summed E-state index contributed by atoms with van der Waals surface area (Å²) < 4.78 is 5.15. The van der Waals surface area contributed by atoms with Crippen molar-refractivity contribution in [3.05, 3.63) is 29.3 Å². The van der Waals surface area contributed by atoms with Crippen LogP contribution in [0.2, 0.25) is 0 Å². The summed E-state index contributed by atoms with van der Waals surface area (Å²) in [7, 11) is 1.56. The highest BCUT2D eigenvalue weighted by molar-refractivity contribution is 5.70. The van der Waals surface area contributed by atoms with Crippen LogP contribution in [0.15, 0.2) is 18.2 Å². The molecule has 17 heavy (non-hydrogen) atoms. The van der Waals surface area contributed by atoms with Crippen LogP contribution < -0.4 is 10.5 Å². The molecular weight excluding hydrogens is 218 g/mol. The molecule has 4 nitrogen and oxygen atoms in total. The zero-order chi connectivity index (χ0) is 12.7. The van der Waals surface area contributed by atoms with Gasteiger partial charge in [-0.3, -0.25) is 4.79 Å². The molecule has 4 heteroatoms. The van der Waals surface area contributed by atoms with Gasteiger partial charge in [-0.2, -0.15) is 0 Å². The van der Waals surface area contributed by atoms with Gasteiger partial charge < -0.3 is 15.6 Å². The van der Waals surface area contributed by atoms with Crippen molar-refractivity contribution < 1.29 is 14.6 Å². The number of ether oxygens (including phenoxy) is 1. The van der Waals surface area contributed by atoms with Gasteiger partial charge in [-0.05, 0) is 17.7 Å². The molecule has 3 N–H and O–H groups in total. The lowest BCUT2D eigenvalue weighted by Crippen LogP contribution is -2.01. The van der Waals surface area contributed by atoms with E-state index in [-0.39, 0.29) is 6.42 Å². The fourth-order valence-electron chi connectivity index (χ4n) is 1.37. The third kappa shape index (κ3) is 4.17. The van der Waals surface area contributed by atoms with Gasteiger partial charge in [0.25, 0.3) is 0 Å². The van der Waals surface area contributed by atoms with Gasteiger partial charge in [0.05, 0.1) is 19.1 Å². The Hall–Kier alpha value is -1.99. The molecule has 0 aliphatic heterocycles. The zero-order valence-electron chi connectivity index (χ0n) is 9.69. The molecular formula is C13H15NO3. The number of benzene rings is 1. The molecule has 0 saturated carbocycles. The summed E-state index contributed by atoms with van der Waals surface area (Å²) in [5, 5.41) is 8.71. The Balaban J connectivity index is 2.99. The van der Waals surface area contributed by atoms with Crippen LogP contribution in [0.3, 0.4) is 0 Å². The number of carboxylic acids is 1. The summed E-state index contributed by atoms with van der Waals surface area (Å²) in [5.74, 6) is 5.61. The Morgan fingerprint density at radius 1 is 1.53 bits per heavy atom. The van der Waals surface area contributed by atoms with E-state index in [0.717, 1.165) is 0 Å². The zero-order valence-corrected chi connectivity index (χ0v) is 9.69. The maximum absolute atomic E-state index is 10.6. The average molecular weight is 233 g/mol. The van der Waals surface area contributed by atoms with Gasteiger partial charge in [0, 0.05) is 13.0 Å². The maximum Gasteiger partial charge on any atom is 0.307 e. The lowest BCUT2D eigenvalue weighted by atomic mass is 10.1. The molecule has 0 fully saturated rings. The minimum absolute atomic E-state index is 0.0183. The summed E-state index contributed by atoms with van der Waals surface area (Å²) in [5.41, 5.74) is 6.75. The van der Waals surface area contributed by atoms with Crippen molar-refractivity contribution in [2.45, 2.75) is 12.8 Å². The van der Waals surface area contributed by atoms with E-state index in [4.69, 9.17) is 15.6 Å². The molecule has 0 aliphatic rings. The monoisotopic (exact) mass is 233 g/mol. The van der Waals surface area contributed by atoms with Crippen LogP contribution in [-0.2, 0) is 11.2 Å². The number of hydrogen-bond donors (Lipinski definition) is 2. The quantitative estimate of drug-likeness (QED) is 0.762. The second-order valence-electron chi connectivity index (χ2n) is 3.45. The van der Waals surface area contributed by atoms with E-state index in [1.807, 2.05) is 0 Å². The first-order valence-electron chi connectivity index (χ1n) is 5.25. The van der Waals surface area contributed by atoms with E-state index in [2.05, 4.69) is 11.8 Å². The summed E-state index contributed by atoms with van der Waals surface area (Å²) in [6, 6.07) is 5.18. The summed E-state index contributed by atoms with van der Waals surface area (Å²) in [6.07, 6.45) is 0.585. The molecule has 0 heterocycles. The smallest absolute Gasteiger partial charge is 0.307 e. The van der Waals surface area contributed by atoms with Gasteiger partial charge in [0.1, 0.15) is 5.75 Å².